The van der Waals surface area contributed by atoms with Gasteiger partial charge in [-0.1, -0.05) is 36.4 Å². The summed E-state index contributed by atoms with van der Waals surface area (Å²) in [6, 6.07) is 28.8. The van der Waals surface area contributed by atoms with E-state index in [1.54, 1.807) is 36.4 Å². The molecule has 0 saturated heterocycles. The second kappa shape index (κ2) is 18.0. The van der Waals surface area contributed by atoms with Crippen LogP contribution in [0, 0.1) is 0 Å². The first kappa shape index (κ1) is 37.6. The number of ether oxygens (including phenoxy) is 6. The van der Waals surface area contributed by atoms with Crippen LogP contribution in [-0.4, -0.2) is 65.1 Å². The van der Waals surface area contributed by atoms with E-state index in [9.17, 15) is 9.13 Å². The lowest BCUT2D eigenvalue weighted by Crippen LogP contribution is -2.22. The van der Waals surface area contributed by atoms with Crippen LogP contribution in [0.15, 0.2) is 97.1 Å². The van der Waals surface area contributed by atoms with Gasteiger partial charge in [-0.15, -0.1) is 0 Å². The minimum atomic E-state index is -3.42. The van der Waals surface area contributed by atoms with E-state index < -0.39 is 14.7 Å². The van der Waals surface area contributed by atoms with Gasteiger partial charge in [0.2, 0.25) is 0 Å². The molecule has 0 amide bonds. The Bertz CT molecular complexity index is 1620. The monoisotopic (exact) mass is 724 g/mol. The zero-order valence-corrected chi connectivity index (χ0v) is 30.8. The molecule has 0 N–H and O–H groups in total. The van der Waals surface area contributed by atoms with Crippen molar-refractivity contribution in [3.05, 3.63) is 97.1 Å². The summed E-state index contributed by atoms with van der Waals surface area (Å²) < 4.78 is 76.8. The molecule has 2 atom stereocenters. The molecule has 50 heavy (non-hydrogen) atoms. The molecule has 1 aliphatic heterocycles. The molecule has 0 radical (unpaired) electrons. The summed E-state index contributed by atoms with van der Waals surface area (Å²) in [6.07, 6.45) is -0.539. The fourth-order valence-corrected chi connectivity index (χ4v) is 9.77. The summed E-state index contributed by atoms with van der Waals surface area (Å²) in [7, 11) is -6.85. The largest absolute Gasteiger partial charge is 0.487 e. The third-order valence-electron chi connectivity index (χ3n) is 7.39. The highest BCUT2D eigenvalue weighted by molar-refractivity contribution is 7.74. The molecular formula is C38H46O10P2. The van der Waals surface area contributed by atoms with Gasteiger partial charge >= 0.3 is 0 Å². The van der Waals surface area contributed by atoms with Crippen LogP contribution in [0.4, 0.5) is 0 Å². The van der Waals surface area contributed by atoms with Crippen LogP contribution in [-0.2, 0) is 27.7 Å². The van der Waals surface area contributed by atoms with Crippen molar-refractivity contribution in [1.29, 1.82) is 0 Å². The van der Waals surface area contributed by atoms with Crippen molar-refractivity contribution in [2.24, 2.45) is 0 Å². The minimum absolute atomic E-state index is 0.213. The summed E-state index contributed by atoms with van der Waals surface area (Å²) in [5.41, 5.74) is 0. The molecule has 0 spiro atoms. The van der Waals surface area contributed by atoms with E-state index in [4.69, 9.17) is 37.5 Å². The summed E-state index contributed by atoms with van der Waals surface area (Å²) in [5.74, 6) is 1.81. The summed E-state index contributed by atoms with van der Waals surface area (Å²) in [6.45, 7) is 9.43. The topological polar surface area (TPSA) is 108 Å². The van der Waals surface area contributed by atoms with Crippen molar-refractivity contribution in [3.63, 3.8) is 0 Å². The first-order chi connectivity index (χ1) is 24.2. The molecule has 0 aromatic heterocycles. The molecule has 268 valence electrons. The number of hydrogen-bond acceptors (Lipinski definition) is 10. The van der Waals surface area contributed by atoms with Gasteiger partial charge in [0.05, 0.1) is 38.6 Å². The molecule has 1 aliphatic rings. The number of benzene rings is 4. The van der Waals surface area contributed by atoms with Crippen LogP contribution in [0.1, 0.15) is 27.7 Å². The standard InChI is InChI=1S/C38H46O10P2/c1-29(2)47-49(39,31-11-7-5-8-12-31)33-15-17-35-37(27-33)45-25-21-41-20-24-44-36-18-16-34(28-38(36)46-26-22-42-19-23-43-35)50(40,48-30(3)4)32-13-9-6-10-14-32/h5-18,27-30H,19-26H2,1-4H3. The van der Waals surface area contributed by atoms with Crippen molar-refractivity contribution in [1.82, 2.24) is 0 Å². The summed E-state index contributed by atoms with van der Waals surface area (Å²) >= 11 is 0. The maximum absolute atomic E-state index is 14.4. The quantitative estimate of drug-likeness (QED) is 0.194. The van der Waals surface area contributed by atoms with Gasteiger partial charge in [0, 0.05) is 21.2 Å². The van der Waals surface area contributed by atoms with Crippen LogP contribution in [0.2, 0.25) is 0 Å². The third-order valence-corrected chi connectivity index (χ3v) is 12.7. The molecule has 5 rings (SSSR count). The van der Waals surface area contributed by atoms with Gasteiger partial charge in [-0.05, 0) is 88.4 Å². The van der Waals surface area contributed by atoms with Crippen LogP contribution in [0.25, 0.3) is 0 Å². The zero-order chi connectivity index (χ0) is 35.4. The molecule has 2 unspecified atom stereocenters. The van der Waals surface area contributed by atoms with Gasteiger partial charge in [0.15, 0.2) is 23.0 Å². The van der Waals surface area contributed by atoms with Gasteiger partial charge in [-0.3, -0.25) is 9.13 Å². The molecule has 0 fully saturated rings. The normalized spacial score (nSPS) is 17.2. The lowest BCUT2D eigenvalue weighted by molar-refractivity contribution is 0.0640. The van der Waals surface area contributed by atoms with Gasteiger partial charge in [0.1, 0.15) is 26.4 Å². The fraction of sp³-hybridized carbons (Fsp3) is 0.368. The van der Waals surface area contributed by atoms with Crippen molar-refractivity contribution in [3.8, 4) is 23.0 Å². The first-order valence-electron chi connectivity index (χ1n) is 16.8. The Labute approximate surface area is 294 Å². The van der Waals surface area contributed by atoms with Gasteiger partial charge in [-0.25, -0.2) is 0 Å². The van der Waals surface area contributed by atoms with Crippen molar-refractivity contribution < 1.29 is 46.6 Å². The predicted octanol–water partition coefficient (Wildman–Crippen LogP) is 6.26. The minimum Gasteiger partial charge on any atom is -0.487 e. The third kappa shape index (κ3) is 9.79. The maximum Gasteiger partial charge on any atom is 0.261 e. The molecule has 0 bridgehead atoms. The second-order valence-electron chi connectivity index (χ2n) is 12.0. The summed E-state index contributed by atoms with van der Waals surface area (Å²) in [4.78, 5) is 0. The van der Waals surface area contributed by atoms with Crippen LogP contribution in [0.5, 0.6) is 23.0 Å². The fourth-order valence-electron chi connectivity index (χ4n) is 5.25. The Morgan fingerprint density at radius 3 is 1.12 bits per heavy atom. The van der Waals surface area contributed by atoms with E-state index >= 15 is 0 Å². The van der Waals surface area contributed by atoms with E-state index in [0.29, 0.717) is 44.2 Å². The number of fused-ring (bicyclic) bond motifs is 2. The van der Waals surface area contributed by atoms with E-state index in [1.165, 1.54) is 0 Å². The van der Waals surface area contributed by atoms with Crippen molar-refractivity contribution >= 4 is 36.0 Å². The van der Waals surface area contributed by atoms with Gasteiger partial charge in [-0.2, -0.15) is 0 Å². The average molecular weight is 725 g/mol. The molecule has 0 aliphatic carbocycles. The first-order valence-corrected chi connectivity index (χ1v) is 20.1. The highest BCUT2D eigenvalue weighted by Gasteiger charge is 2.32. The second-order valence-corrected chi connectivity index (χ2v) is 16.7. The Morgan fingerprint density at radius 1 is 0.440 bits per heavy atom. The highest BCUT2D eigenvalue weighted by atomic mass is 31.2. The maximum atomic E-state index is 14.4. The Kier molecular flexibility index (Phi) is 13.6. The highest BCUT2D eigenvalue weighted by Crippen LogP contribution is 2.48. The average Bonchev–Trinajstić information content (AvgIpc) is 3.11. The molecule has 1 heterocycles. The Hall–Kier alpha value is -3.62. The van der Waals surface area contributed by atoms with Crippen molar-refractivity contribution in [2.75, 3.05) is 52.9 Å². The molecule has 4 aromatic rings. The van der Waals surface area contributed by atoms with Crippen LogP contribution < -0.4 is 40.2 Å². The smallest absolute Gasteiger partial charge is 0.261 e. The van der Waals surface area contributed by atoms with Crippen LogP contribution in [0.3, 0.4) is 0 Å². The number of hydrogen-bond donors (Lipinski definition) is 0. The van der Waals surface area contributed by atoms with E-state index in [2.05, 4.69) is 0 Å². The van der Waals surface area contributed by atoms with E-state index in [0.717, 1.165) is 0 Å². The SMILES string of the molecule is CC(C)OP(=O)(c1ccccc1)c1ccc2c(c1)OCCOCCOc1ccc(P(=O)(OC(C)C)c3ccccc3)cc1OCCOCCO2. The molecule has 10 nitrogen and oxygen atoms in total. The van der Waals surface area contributed by atoms with Gasteiger partial charge in [0.25, 0.3) is 14.7 Å². The molecule has 0 saturated carbocycles. The lowest BCUT2D eigenvalue weighted by Gasteiger charge is -2.23. The molecule has 12 heteroatoms. The van der Waals surface area contributed by atoms with Crippen LogP contribution >= 0.6 is 14.7 Å². The lowest BCUT2D eigenvalue weighted by atomic mass is 10.3. The van der Waals surface area contributed by atoms with Gasteiger partial charge < -0.3 is 37.5 Å². The summed E-state index contributed by atoms with van der Waals surface area (Å²) in [5, 5.41) is 2.20. The van der Waals surface area contributed by atoms with E-state index in [1.807, 2.05) is 88.4 Å². The number of rotatable bonds is 8. The molecule has 4 aromatic carbocycles. The predicted molar refractivity (Wildman–Crippen MR) is 196 cm³/mol. The Balaban J connectivity index is 1.30. The molecular weight excluding hydrogens is 678 g/mol. The van der Waals surface area contributed by atoms with Crippen molar-refractivity contribution in [2.45, 2.75) is 39.9 Å². The zero-order valence-electron chi connectivity index (χ0n) is 29.0. The Morgan fingerprint density at radius 2 is 0.780 bits per heavy atom. The van der Waals surface area contributed by atoms with E-state index in [-0.39, 0.29) is 65.1 Å².